The van der Waals surface area contributed by atoms with Crippen molar-refractivity contribution in [2.24, 2.45) is 11.7 Å². The van der Waals surface area contributed by atoms with Crippen molar-refractivity contribution < 1.29 is 9.59 Å². The van der Waals surface area contributed by atoms with E-state index in [2.05, 4.69) is 10.6 Å². The fourth-order valence-electron chi connectivity index (χ4n) is 4.34. The number of piperidine rings is 1. The second-order valence-corrected chi connectivity index (χ2v) is 8.07. The molecule has 3 rings (SSSR count). The van der Waals surface area contributed by atoms with Gasteiger partial charge in [0.2, 0.25) is 5.91 Å². The van der Waals surface area contributed by atoms with Gasteiger partial charge in [0.1, 0.15) is 5.54 Å². The molecule has 28 heavy (non-hydrogen) atoms. The minimum Gasteiger partial charge on any atom is -0.341 e. The maximum atomic E-state index is 13.3. The highest BCUT2D eigenvalue weighted by Crippen LogP contribution is 2.33. The minimum absolute atomic E-state index is 0. The van der Waals surface area contributed by atoms with E-state index in [4.69, 9.17) is 5.73 Å². The molecule has 3 amide bonds. The van der Waals surface area contributed by atoms with Gasteiger partial charge in [-0.2, -0.15) is 0 Å². The molecule has 0 aromatic heterocycles. The van der Waals surface area contributed by atoms with E-state index in [1.54, 1.807) is 0 Å². The van der Waals surface area contributed by atoms with Crippen LogP contribution in [0.1, 0.15) is 51.0 Å². The van der Waals surface area contributed by atoms with Crippen molar-refractivity contribution in [1.29, 1.82) is 0 Å². The van der Waals surface area contributed by atoms with E-state index >= 15 is 0 Å². The van der Waals surface area contributed by atoms with Crippen LogP contribution in [0.25, 0.3) is 0 Å². The number of nitrogens with two attached hydrogens (primary N) is 1. The summed E-state index contributed by atoms with van der Waals surface area (Å²) in [4.78, 5) is 27.7. The van der Waals surface area contributed by atoms with E-state index in [9.17, 15) is 9.59 Å². The number of likely N-dealkylation sites (tertiary alicyclic amines) is 1. The van der Waals surface area contributed by atoms with Gasteiger partial charge in [-0.25, -0.2) is 4.79 Å². The zero-order chi connectivity index (χ0) is 19.3. The molecule has 1 aromatic rings. The summed E-state index contributed by atoms with van der Waals surface area (Å²) in [6.45, 7) is 3.97. The fraction of sp³-hybridized carbons (Fsp3) is 0.619. The Bertz CT molecular complexity index is 639. The van der Waals surface area contributed by atoms with Gasteiger partial charge in [0, 0.05) is 25.7 Å². The number of urea groups is 1. The zero-order valence-electron chi connectivity index (χ0n) is 16.7. The van der Waals surface area contributed by atoms with Gasteiger partial charge < -0.3 is 21.3 Å². The quantitative estimate of drug-likeness (QED) is 0.700. The minimum atomic E-state index is -0.748. The Labute approximate surface area is 174 Å². The molecule has 1 unspecified atom stereocenters. The Morgan fingerprint density at radius 1 is 1.18 bits per heavy atom. The number of carbonyl (C=O) groups is 2. The highest BCUT2D eigenvalue weighted by Gasteiger charge is 2.45. The Balaban J connectivity index is 0.00000280. The molecule has 156 valence electrons. The van der Waals surface area contributed by atoms with Gasteiger partial charge in [0.25, 0.3) is 0 Å². The first-order valence-corrected chi connectivity index (χ1v) is 10.1. The second kappa shape index (κ2) is 10.1. The van der Waals surface area contributed by atoms with E-state index in [1.165, 1.54) is 0 Å². The maximum Gasteiger partial charge on any atom is 0.315 e. The third kappa shape index (κ3) is 5.39. The number of amides is 3. The summed E-state index contributed by atoms with van der Waals surface area (Å²) < 4.78 is 0. The molecule has 1 aromatic carbocycles. The van der Waals surface area contributed by atoms with Crippen LogP contribution in [-0.4, -0.2) is 41.5 Å². The van der Waals surface area contributed by atoms with Gasteiger partial charge in [-0.1, -0.05) is 43.2 Å². The molecule has 1 saturated carbocycles. The average Bonchev–Trinajstić information content (AvgIpc) is 3.16. The van der Waals surface area contributed by atoms with Crippen LogP contribution in [0.4, 0.5) is 4.79 Å². The smallest absolute Gasteiger partial charge is 0.315 e. The van der Waals surface area contributed by atoms with Gasteiger partial charge >= 0.3 is 6.03 Å². The van der Waals surface area contributed by atoms with E-state index in [-0.39, 0.29) is 30.4 Å². The van der Waals surface area contributed by atoms with Gasteiger partial charge in [-0.3, -0.25) is 4.79 Å². The predicted octanol–water partition coefficient (Wildman–Crippen LogP) is 2.81. The fourth-order valence-corrected chi connectivity index (χ4v) is 4.34. The molecule has 2 aliphatic rings. The summed E-state index contributed by atoms with van der Waals surface area (Å²) in [5.41, 5.74) is 6.31. The molecular formula is C21H33ClN4O2. The van der Waals surface area contributed by atoms with Crippen LogP contribution in [0.3, 0.4) is 0 Å². The number of carbonyl (C=O) groups excluding carboxylic acids is 2. The zero-order valence-corrected chi connectivity index (χ0v) is 17.5. The molecule has 7 heteroatoms. The van der Waals surface area contributed by atoms with E-state index in [1.807, 2.05) is 42.2 Å². The lowest BCUT2D eigenvalue weighted by Gasteiger charge is -2.39. The standard InChI is InChI=1S/C21H32N4O2.ClH/c1-16(22)18-9-13-25(14-10-18)19(26)21(11-5-6-12-21)24-20(27)23-15-17-7-3-2-4-8-17;/h2-4,7-8,16,18H,5-6,9-15,22H2,1H3,(H2,23,24,27);1H. The van der Waals surface area contributed by atoms with Crippen LogP contribution in [0.5, 0.6) is 0 Å². The van der Waals surface area contributed by atoms with Crippen LogP contribution >= 0.6 is 12.4 Å². The monoisotopic (exact) mass is 408 g/mol. The van der Waals surface area contributed by atoms with Crippen LogP contribution in [0.15, 0.2) is 30.3 Å². The normalized spacial score (nSPS) is 20.1. The third-order valence-electron chi connectivity index (χ3n) is 6.09. The predicted molar refractivity (Wildman–Crippen MR) is 113 cm³/mol. The SMILES string of the molecule is CC(N)C1CCN(C(=O)C2(NC(=O)NCc3ccccc3)CCCC2)CC1.Cl. The number of hydrogen-bond donors (Lipinski definition) is 3. The Kier molecular flexibility index (Phi) is 8.13. The highest BCUT2D eigenvalue weighted by atomic mass is 35.5. The molecule has 1 aliphatic heterocycles. The Morgan fingerprint density at radius 2 is 1.79 bits per heavy atom. The first kappa shape index (κ1) is 22.5. The lowest BCUT2D eigenvalue weighted by atomic mass is 9.88. The third-order valence-corrected chi connectivity index (χ3v) is 6.09. The van der Waals surface area contributed by atoms with Crippen LogP contribution in [0.2, 0.25) is 0 Å². The summed E-state index contributed by atoms with van der Waals surface area (Å²) in [5, 5.41) is 5.92. The number of benzene rings is 1. The van der Waals surface area contributed by atoms with E-state index in [0.717, 1.165) is 57.2 Å². The summed E-state index contributed by atoms with van der Waals surface area (Å²) in [6, 6.07) is 9.69. The molecule has 1 atom stereocenters. The molecule has 0 spiro atoms. The van der Waals surface area contributed by atoms with Crippen molar-refractivity contribution in [1.82, 2.24) is 15.5 Å². The van der Waals surface area contributed by atoms with Crippen molar-refractivity contribution in [3.8, 4) is 0 Å². The number of nitrogens with zero attached hydrogens (tertiary/aromatic N) is 1. The summed E-state index contributed by atoms with van der Waals surface area (Å²) >= 11 is 0. The second-order valence-electron chi connectivity index (χ2n) is 8.07. The number of hydrogen-bond acceptors (Lipinski definition) is 3. The Hall–Kier alpha value is -1.79. The van der Waals surface area contributed by atoms with Gasteiger partial charge in [-0.15, -0.1) is 12.4 Å². The lowest BCUT2D eigenvalue weighted by molar-refractivity contribution is -0.139. The van der Waals surface area contributed by atoms with E-state index < -0.39 is 5.54 Å². The summed E-state index contributed by atoms with van der Waals surface area (Å²) in [7, 11) is 0. The first-order chi connectivity index (χ1) is 13.0. The van der Waals surface area contributed by atoms with Gasteiger partial charge in [0.05, 0.1) is 0 Å². The topological polar surface area (TPSA) is 87.5 Å². The molecule has 6 nitrogen and oxygen atoms in total. The average molecular weight is 409 g/mol. The number of halogens is 1. The first-order valence-electron chi connectivity index (χ1n) is 10.1. The molecule has 2 fully saturated rings. The number of nitrogens with one attached hydrogen (secondary N) is 2. The molecule has 4 N–H and O–H groups in total. The molecule has 0 bridgehead atoms. The number of rotatable bonds is 5. The van der Waals surface area contributed by atoms with Crippen LogP contribution < -0.4 is 16.4 Å². The van der Waals surface area contributed by atoms with Crippen molar-refractivity contribution in [3.05, 3.63) is 35.9 Å². The van der Waals surface area contributed by atoms with Gasteiger partial charge in [-0.05, 0) is 44.1 Å². The van der Waals surface area contributed by atoms with Crippen molar-refractivity contribution in [2.75, 3.05) is 13.1 Å². The molecule has 1 aliphatic carbocycles. The molecular weight excluding hydrogens is 376 g/mol. The van der Waals surface area contributed by atoms with E-state index in [0.29, 0.717) is 12.5 Å². The maximum absolute atomic E-state index is 13.3. The summed E-state index contributed by atoms with van der Waals surface area (Å²) in [5.74, 6) is 0.564. The molecule has 0 radical (unpaired) electrons. The van der Waals surface area contributed by atoms with Crippen molar-refractivity contribution in [3.63, 3.8) is 0 Å². The summed E-state index contributed by atoms with van der Waals surface area (Å²) in [6.07, 6.45) is 5.27. The lowest BCUT2D eigenvalue weighted by Crippen LogP contribution is -2.61. The van der Waals surface area contributed by atoms with Crippen molar-refractivity contribution >= 4 is 24.3 Å². The van der Waals surface area contributed by atoms with Gasteiger partial charge in [0.15, 0.2) is 0 Å². The highest BCUT2D eigenvalue weighted by molar-refractivity contribution is 5.91. The van der Waals surface area contributed by atoms with Crippen molar-refractivity contribution in [2.45, 2.75) is 63.6 Å². The molecule has 1 heterocycles. The van der Waals surface area contributed by atoms with Crippen LogP contribution in [0, 0.1) is 5.92 Å². The molecule has 1 saturated heterocycles. The van der Waals surface area contributed by atoms with Crippen LogP contribution in [-0.2, 0) is 11.3 Å². The largest absolute Gasteiger partial charge is 0.341 e. The Morgan fingerprint density at radius 3 is 2.36 bits per heavy atom.